The highest BCUT2D eigenvalue weighted by Crippen LogP contribution is 2.40. The number of nitrogen functional groups attached to an aromatic ring is 1. The van der Waals surface area contributed by atoms with Gasteiger partial charge in [0.05, 0.1) is 16.8 Å². The van der Waals surface area contributed by atoms with Gasteiger partial charge in [-0.05, 0) is 48.9 Å². The van der Waals surface area contributed by atoms with E-state index in [0.29, 0.717) is 11.3 Å². The maximum atomic E-state index is 13.6. The van der Waals surface area contributed by atoms with Crippen LogP contribution in [0.4, 0.5) is 40.4 Å². The molecule has 160 valence electrons. The Balaban J connectivity index is 1.93. The van der Waals surface area contributed by atoms with E-state index in [-0.39, 0.29) is 29.4 Å². The number of benzene rings is 2. The first-order chi connectivity index (χ1) is 14.6. The molecule has 0 unspecified atom stereocenters. The largest absolute Gasteiger partial charge is 0.416 e. The van der Waals surface area contributed by atoms with Crippen molar-refractivity contribution in [3.05, 3.63) is 75.6 Å². The number of alkyl halides is 3. The second kappa shape index (κ2) is 7.11. The first-order valence-corrected chi connectivity index (χ1v) is 8.98. The van der Waals surface area contributed by atoms with Crippen molar-refractivity contribution >= 4 is 28.8 Å². The molecule has 4 rings (SSSR count). The lowest BCUT2D eigenvalue weighted by molar-refractivity contribution is -0.137. The number of amides is 1. The highest BCUT2D eigenvalue weighted by Gasteiger charge is 2.37. The van der Waals surface area contributed by atoms with Crippen molar-refractivity contribution in [3.63, 3.8) is 0 Å². The number of halogens is 4. The van der Waals surface area contributed by atoms with Crippen molar-refractivity contribution in [1.29, 1.82) is 0 Å². The zero-order valence-corrected chi connectivity index (χ0v) is 16.0. The molecular weight excluding hydrogens is 418 g/mol. The quantitative estimate of drug-likeness (QED) is 0.603. The van der Waals surface area contributed by atoms with Crippen LogP contribution in [0.2, 0.25) is 0 Å². The fraction of sp³-hybridized carbons (Fsp3) is 0.150. The molecule has 0 bridgehead atoms. The molecule has 2 heterocycles. The van der Waals surface area contributed by atoms with Crippen molar-refractivity contribution in [2.24, 2.45) is 0 Å². The number of hydrogen-bond donors (Lipinski definition) is 2. The molecule has 31 heavy (non-hydrogen) atoms. The smallest absolute Gasteiger partial charge is 0.382 e. The fourth-order valence-electron chi connectivity index (χ4n) is 3.48. The number of H-pyrrole nitrogens is 1. The molecule has 3 N–H and O–H groups in total. The highest BCUT2D eigenvalue weighted by atomic mass is 19.4. The van der Waals surface area contributed by atoms with E-state index in [1.807, 2.05) is 0 Å². The van der Waals surface area contributed by atoms with Gasteiger partial charge in [0.2, 0.25) is 0 Å². The summed E-state index contributed by atoms with van der Waals surface area (Å²) in [6, 6.07) is 6.78. The van der Waals surface area contributed by atoms with E-state index in [1.54, 1.807) is 11.8 Å². The molecule has 1 amide bonds. The van der Waals surface area contributed by atoms with Gasteiger partial charge in [-0.1, -0.05) is 0 Å². The van der Waals surface area contributed by atoms with Crippen LogP contribution in [0, 0.1) is 12.7 Å². The minimum absolute atomic E-state index is 0.0254. The molecule has 0 radical (unpaired) electrons. The zero-order chi connectivity index (χ0) is 22.5. The van der Waals surface area contributed by atoms with Crippen LogP contribution in [0.3, 0.4) is 0 Å². The first-order valence-electron chi connectivity index (χ1n) is 8.98. The molecule has 11 heteroatoms. The van der Waals surface area contributed by atoms with Gasteiger partial charge in [-0.2, -0.15) is 18.2 Å². The van der Waals surface area contributed by atoms with Gasteiger partial charge < -0.3 is 15.6 Å². The lowest BCUT2D eigenvalue weighted by atomic mass is 10.0. The Hall–Kier alpha value is -3.89. The second-order valence-electron chi connectivity index (χ2n) is 6.94. The van der Waals surface area contributed by atoms with E-state index in [1.165, 1.54) is 24.3 Å². The van der Waals surface area contributed by atoms with Gasteiger partial charge in [-0.3, -0.25) is 9.69 Å². The molecule has 0 aliphatic carbocycles. The Morgan fingerprint density at radius 2 is 1.74 bits per heavy atom. The van der Waals surface area contributed by atoms with Crippen LogP contribution in [0.1, 0.15) is 21.5 Å². The van der Waals surface area contributed by atoms with Gasteiger partial charge >= 0.3 is 11.9 Å². The molecule has 3 aromatic rings. The third-order valence-corrected chi connectivity index (χ3v) is 4.93. The molecule has 0 atom stereocenters. The topological polar surface area (TPSA) is 95.3 Å². The van der Waals surface area contributed by atoms with Crippen molar-refractivity contribution in [3.8, 4) is 0 Å². The molecule has 7 nitrogen and oxygen atoms in total. The Kier molecular flexibility index (Phi) is 4.68. The van der Waals surface area contributed by atoms with Crippen LogP contribution in [0.15, 0.2) is 47.4 Å². The lowest BCUT2D eigenvalue weighted by Gasteiger charge is -2.39. The van der Waals surface area contributed by atoms with E-state index in [2.05, 4.69) is 9.97 Å². The molecule has 1 aliphatic rings. The summed E-state index contributed by atoms with van der Waals surface area (Å²) in [5.41, 5.74) is 5.07. The van der Waals surface area contributed by atoms with E-state index >= 15 is 0 Å². The standard InChI is InChI=1S/C20H15F4N5O2/c1-10-6-12(21)3-5-14(10)28-9-29(16-8-26-19(31)27-17(16)25)18(30)13-7-11(20(22,23)24)2-4-15(13)28/h2-8H,9H2,1H3,(H3,25,26,27,31). The van der Waals surface area contributed by atoms with Crippen molar-refractivity contribution in [2.45, 2.75) is 13.1 Å². The van der Waals surface area contributed by atoms with Crippen LogP contribution < -0.4 is 21.2 Å². The minimum atomic E-state index is -4.66. The fourth-order valence-corrected chi connectivity index (χ4v) is 3.48. The van der Waals surface area contributed by atoms with Crippen LogP contribution in [-0.2, 0) is 6.18 Å². The zero-order valence-electron chi connectivity index (χ0n) is 16.0. The summed E-state index contributed by atoms with van der Waals surface area (Å²) < 4.78 is 53.5. The van der Waals surface area contributed by atoms with Crippen molar-refractivity contribution < 1.29 is 22.4 Å². The first kappa shape index (κ1) is 20.4. The molecular formula is C20H15F4N5O2. The Morgan fingerprint density at radius 3 is 2.39 bits per heavy atom. The SMILES string of the molecule is Cc1cc(F)ccc1N1CN(c2c[nH]c(=O)nc2N)C(=O)c2cc(C(F)(F)F)ccc21. The number of rotatable bonds is 2. The van der Waals surface area contributed by atoms with Gasteiger partial charge in [0.25, 0.3) is 5.91 Å². The summed E-state index contributed by atoms with van der Waals surface area (Å²) in [7, 11) is 0. The summed E-state index contributed by atoms with van der Waals surface area (Å²) in [6.45, 7) is 1.49. The lowest BCUT2D eigenvalue weighted by Crippen LogP contribution is -2.46. The maximum Gasteiger partial charge on any atom is 0.416 e. The Morgan fingerprint density at radius 1 is 1.03 bits per heavy atom. The van der Waals surface area contributed by atoms with Crippen LogP contribution in [0.25, 0.3) is 0 Å². The predicted molar refractivity (Wildman–Crippen MR) is 106 cm³/mol. The van der Waals surface area contributed by atoms with Crippen molar-refractivity contribution in [1.82, 2.24) is 9.97 Å². The monoisotopic (exact) mass is 433 g/mol. The maximum absolute atomic E-state index is 13.6. The normalized spacial score (nSPS) is 14.0. The molecule has 0 fully saturated rings. The average molecular weight is 433 g/mol. The summed E-state index contributed by atoms with van der Waals surface area (Å²) in [4.78, 5) is 33.1. The number of carbonyl (C=O) groups excluding carboxylic acids is 1. The van der Waals surface area contributed by atoms with Crippen molar-refractivity contribution in [2.75, 3.05) is 22.2 Å². The molecule has 0 saturated carbocycles. The van der Waals surface area contributed by atoms with Gasteiger partial charge in [0.15, 0.2) is 5.82 Å². The molecule has 0 saturated heterocycles. The van der Waals surface area contributed by atoms with Gasteiger partial charge in [0, 0.05) is 11.9 Å². The minimum Gasteiger partial charge on any atom is -0.382 e. The van der Waals surface area contributed by atoms with Crippen LogP contribution in [-0.4, -0.2) is 22.5 Å². The number of aromatic nitrogens is 2. The summed E-state index contributed by atoms with van der Waals surface area (Å²) >= 11 is 0. The summed E-state index contributed by atoms with van der Waals surface area (Å²) in [5, 5.41) is 0. The number of hydrogen-bond acceptors (Lipinski definition) is 5. The highest BCUT2D eigenvalue weighted by molar-refractivity contribution is 6.13. The number of aryl methyl sites for hydroxylation is 1. The number of nitrogens with two attached hydrogens (primary N) is 1. The van der Waals surface area contributed by atoms with E-state index < -0.39 is 29.2 Å². The van der Waals surface area contributed by atoms with E-state index in [4.69, 9.17) is 5.73 Å². The summed E-state index contributed by atoms with van der Waals surface area (Å²) in [5.74, 6) is -1.49. The van der Waals surface area contributed by atoms with Gasteiger partial charge in [-0.25, -0.2) is 9.18 Å². The predicted octanol–water partition coefficient (Wildman–Crippen LogP) is 3.57. The van der Waals surface area contributed by atoms with Crippen LogP contribution in [0.5, 0.6) is 0 Å². The Labute approximate surface area is 172 Å². The number of fused-ring (bicyclic) bond motifs is 1. The Bertz CT molecular complexity index is 1260. The average Bonchev–Trinajstić information content (AvgIpc) is 2.68. The number of anilines is 4. The van der Waals surface area contributed by atoms with Gasteiger partial charge in [0.1, 0.15) is 18.2 Å². The van der Waals surface area contributed by atoms with E-state index in [9.17, 15) is 27.2 Å². The second-order valence-corrected chi connectivity index (χ2v) is 6.94. The number of aromatic amines is 1. The number of nitrogens with one attached hydrogen (secondary N) is 1. The number of carbonyl (C=O) groups is 1. The number of nitrogens with zero attached hydrogens (tertiary/aromatic N) is 3. The van der Waals surface area contributed by atoms with E-state index in [0.717, 1.165) is 23.2 Å². The third-order valence-electron chi connectivity index (χ3n) is 4.93. The summed E-state index contributed by atoms with van der Waals surface area (Å²) in [6.07, 6.45) is -3.50. The molecule has 2 aromatic carbocycles. The third kappa shape index (κ3) is 3.58. The molecule has 1 aliphatic heterocycles. The molecule has 0 spiro atoms. The van der Waals surface area contributed by atoms with Gasteiger partial charge in [-0.15, -0.1) is 0 Å². The van der Waals surface area contributed by atoms with Crippen LogP contribution >= 0.6 is 0 Å². The molecule has 1 aromatic heterocycles.